The molecule has 4 rings (SSSR count). The molecule has 1 aromatic heterocycles. The van der Waals surface area contributed by atoms with Crippen molar-refractivity contribution < 1.29 is 14.5 Å². The molecule has 1 saturated heterocycles. The zero-order chi connectivity index (χ0) is 20.9. The lowest BCUT2D eigenvalue weighted by molar-refractivity contribution is -1.02. The third-order valence-electron chi connectivity index (χ3n) is 5.81. The summed E-state index contributed by atoms with van der Waals surface area (Å²) in [7, 11) is 3.89. The van der Waals surface area contributed by atoms with E-state index in [1.807, 2.05) is 47.1 Å². The van der Waals surface area contributed by atoms with E-state index in [2.05, 4.69) is 34.7 Å². The average Bonchev–Trinajstić information content (AvgIpc) is 3.23. The number of tetrazole rings is 1. The van der Waals surface area contributed by atoms with Gasteiger partial charge in [0.15, 0.2) is 6.04 Å². The molecule has 0 spiro atoms. The summed E-state index contributed by atoms with van der Waals surface area (Å²) in [5.74, 6) is 1.65. The zero-order valence-corrected chi connectivity index (χ0v) is 17.4. The van der Waals surface area contributed by atoms with Crippen LogP contribution in [0.3, 0.4) is 0 Å². The number of rotatable bonds is 6. The second-order valence-electron chi connectivity index (χ2n) is 7.83. The molecule has 3 aromatic rings. The maximum absolute atomic E-state index is 9.40. The summed E-state index contributed by atoms with van der Waals surface area (Å²) in [6.07, 6.45) is 0. The molecule has 1 atom stereocenters. The number of hydrogen-bond donors (Lipinski definition) is 2. The summed E-state index contributed by atoms with van der Waals surface area (Å²) in [5.41, 5.74) is 2.84. The Morgan fingerprint density at radius 1 is 1.13 bits per heavy atom. The van der Waals surface area contributed by atoms with Crippen LogP contribution in [0.2, 0.25) is 0 Å². The van der Waals surface area contributed by atoms with Crippen LogP contribution in [0.5, 0.6) is 5.75 Å². The molecule has 8 nitrogen and oxygen atoms in total. The minimum absolute atomic E-state index is 0.0142. The first-order valence-corrected chi connectivity index (χ1v) is 10.2. The van der Waals surface area contributed by atoms with E-state index in [-0.39, 0.29) is 6.04 Å². The van der Waals surface area contributed by atoms with Crippen molar-refractivity contribution in [3.63, 3.8) is 0 Å². The van der Waals surface area contributed by atoms with Crippen LogP contribution in [0.4, 0.5) is 0 Å². The van der Waals surface area contributed by atoms with Crippen molar-refractivity contribution in [1.82, 2.24) is 20.2 Å². The lowest BCUT2D eigenvalue weighted by atomic mass is 10.0. The van der Waals surface area contributed by atoms with Gasteiger partial charge in [-0.3, -0.25) is 0 Å². The van der Waals surface area contributed by atoms with Crippen LogP contribution in [0.15, 0.2) is 48.5 Å². The molecule has 2 N–H and O–H groups in total. The SMILES string of the molecule is COc1ccc(Cn2nnnc2[C@@H](c2cccc(C#N)c2)[NH+]2CC[NH+](C)CC2)cc1. The highest BCUT2D eigenvalue weighted by molar-refractivity contribution is 5.35. The normalized spacial score (nSPS) is 19.8. The number of hydrogen-bond acceptors (Lipinski definition) is 5. The Hall–Kier alpha value is -3.28. The minimum Gasteiger partial charge on any atom is -0.497 e. The quantitative estimate of drug-likeness (QED) is 0.556. The van der Waals surface area contributed by atoms with Gasteiger partial charge in [-0.1, -0.05) is 24.3 Å². The maximum atomic E-state index is 9.40. The third kappa shape index (κ3) is 4.32. The fourth-order valence-electron chi connectivity index (χ4n) is 4.08. The van der Waals surface area contributed by atoms with Crippen molar-refractivity contribution >= 4 is 0 Å². The van der Waals surface area contributed by atoms with Crippen LogP contribution in [0, 0.1) is 11.3 Å². The molecule has 0 unspecified atom stereocenters. The van der Waals surface area contributed by atoms with E-state index in [4.69, 9.17) is 4.74 Å². The Balaban J connectivity index is 1.68. The van der Waals surface area contributed by atoms with Crippen molar-refractivity contribution in [3.05, 3.63) is 71.0 Å². The van der Waals surface area contributed by atoms with Crippen molar-refractivity contribution in [3.8, 4) is 11.8 Å². The van der Waals surface area contributed by atoms with E-state index in [9.17, 15) is 5.26 Å². The monoisotopic (exact) mass is 405 g/mol. The first-order valence-electron chi connectivity index (χ1n) is 10.2. The van der Waals surface area contributed by atoms with E-state index in [1.54, 1.807) is 12.0 Å². The Morgan fingerprint density at radius 3 is 2.60 bits per heavy atom. The topological polar surface area (TPSA) is 85.5 Å². The fraction of sp³-hybridized carbons (Fsp3) is 0.364. The Bertz CT molecular complexity index is 1020. The van der Waals surface area contributed by atoms with Gasteiger partial charge in [0.2, 0.25) is 5.82 Å². The summed E-state index contributed by atoms with van der Waals surface area (Å²) in [4.78, 5) is 2.97. The van der Waals surface area contributed by atoms with E-state index in [0.717, 1.165) is 48.9 Å². The van der Waals surface area contributed by atoms with Gasteiger partial charge < -0.3 is 14.5 Å². The highest BCUT2D eigenvalue weighted by atomic mass is 16.5. The molecule has 0 radical (unpaired) electrons. The summed E-state index contributed by atoms with van der Waals surface area (Å²) in [5, 5.41) is 22.1. The lowest BCUT2D eigenvalue weighted by Gasteiger charge is -2.32. The number of methoxy groups -OCH3 is 1. The molecule has 2 aromatic carbocycles. The molecule has 1 fully saturated rings. The largest absolute Gasteiger partial charge is 0.497 e. The smallest absolute Gasteiger partial charge is 0.214 e. The number of likely N-dealkylation sites (N-methyl/N-ethyl adjacent to an activating group) is 1. The molecular weight excluding hydrogens is 378 g/mol. The maximum Gasteiger partial charge on any atom is 0.214 e. The molecule has 154 valence electrons. The molecule has 0 amide bonds. The molecule has 30 heavy (non-hydrogen) atoms. The van der Waals surface area contributed by atoms with E-state index >= 15 is 0 Å². The summed E-state index contributed by atoms with van der Waals surface area (Å²) in [6.45, 7) is 4.85. The predicted octanol–water partition coefficient (Wildman–Crippen LogP) is -0.896. The van der Waals surface area contributed by atoms with E-state index in [1.165, 1.54) is 4.90 Å². The number of nitrogens with zero attached hydrogens (tertiary/aromatic N) is 5. The highest BCUT2D eigenvalue weighted by Gasteiger charge is 2.34. The van der Waals surface area contributed by atoms with Crippen LogP contribution in [-0.2, 0) is 6.54 Å². The summed E-state index contributed by atoms with van der Waals surface area (Å²) in [6, 6.07) is 18.0. The third-order valence-corrected chi connectivity index (χ3v) is 5.81. The van der Waals surface area contributed by atoms with Gasteiger partial charge in [-0.05, 0) is 40.3 Å². The van der Waals surface area contributed by atoms with Crippen LogP contribution in [0.1, 0.15) is 28.6 Å². The van der Waals surface area contributed by atoms with Gasteiger partial charge in [0, 0.05) is 5.56 Å². The molecule has 1 aliphatic rings. The van der Waals surface area contributed by atoms with Crippen molar-refractivity contribution in [2.24, 2.45) is 0 Å². The van der Waals surface area contributed by atoms with Crippen LogP contribution >= 0.6 is 0 Å². The minimum atomic E-state index is -0.0142. The Labute approximate surface area is 176 Å². The summed E-state index contributed by atoms with van der Waals surface area (Å²) < 4.78 is 7.13. The van der Waals surface area contributed by atoms with Gasteiger partial charge >= 0.3 is 0 Å². The predicted molar refractivity (Wildman–Crippen MR) is 110 cm³/mol. The molecule has 8 heteroatoms. The molecule has 1 aliphatic heterocycles. The Morgan fingerprint density at radius 2 is 1.90 bits per heavy atom. The number of ether oxygens (including phenoxy) is 1. The first-order chi connectivity index (χ1) is 14.7. The molecular formula is C22H27N7O+2. The number of piperazine rings is 1. The van der Waals surface area contributed by atoms with Gasteiger partial charge in [-0.2, -0.15) is 5.26 Å². The van der Waals surface area contributed by atoms with Crippen LogP contribution in [-0.4, -0.2) is 60.5 Å². The lowest BCUT2D eigenvalue weighted by Crippen LogP contribution is -3.27. The fourth-order valence-corrected chi connectivity index (χ4v) is 4.08. The van der Waals surface area contributed by atoms with Gasteiger partial charge in [-0.25, -0.2) is 4.68 Å². The second-order valence-corrected chi connectivity index (χ2v) is 7.83. The highest BCUT2D eigenvalue weighted by Crippen LogP contribution is 2.20. The number of aromatic nitrogens is 4. The Kier molecular flexibility index (Phi) is 6.02. The number of nitriles is 1. The number of nitrogens with one attached hydrogen (secondary N) is 2. The van der Waals surface area contributed by atoms with Crippen molar-refractivity contribution in [1.29, 1.82) is 5.26 Å². The molecule has 0 saturated carbocycles. The van der Waals surface area contributed by atoms with E-state index < -0.39 is 0 Å². The van der Waals surface area contributed by atoms with Crippen molar-refractivity contribution in [2.75, 3.05) is 40.3 Å². The molecule has 0 aliphatic carbocycles. The molecule has 2 heterocycles. The zero-order valence-electron chi connectivity index (χ0n) is 17.4. The van der Waals surface area contributed by atoms with Gasteiger partial charge in [-0.15, -0.1) is 5.10 Å². The van der Waals surface area contributed by atoms with Crippen molar-refractivity contribution in [2.45, 2.75) is 12.6 Å². The number of benzene rings is 2. The van der Waals surface area contributed by atoms with Gasteiger partial charge in [0.1, 0.15) is 31.9 Å². The van der Waals surface area contributed by atoms with Crippen LogP contribution in [0.25, 0.3) is 0 Å². The average molecular weight is 406 g/mol. The van der Waals surface area contributed by atoms with Gasteiger partial charge in [0.05, 0.1) is 32.3 Å². The van der Waals surface area contributed by atoms with E-state index in [0.29, 0.717) is 12.1 Å². The first kappa shape index (κ1) is 20.0. The van der Waals surface area contributed by atoms with Crippen LogP contribution < -0.4 is 14.5 Å². The molecule has 0 bridgehead atoms. The second kappa shape index (κ2) is 9.03. The standard InChI is InChI=1S/C22H25N7O/c1-27-10-12-28(13-11-27)21(19-5-3-4-18(14-19)15-23)22-24-25-26-29(22)16-17-6-8-20(30-2)9-7-17/h3-9,14,21H,10-13,16H2,1-2H3/p+2/t21-/m1/s1. The van der Waals surface area contributed by atoms with Gasteiger partial charge in [0.25, 0.3) is 0 Å². The number of quaternary nitrogens is 2. The summed E-state index contributed by atoms with van der Waals surface area (Å²) >= 11 is 0.